The Balaban J connectivity index is 2.69. The second-order valence-electron chi connectivity index (χ2n) is 3.69. The Bertz CT molecular complexity index is 445. The highest BCUT2D eigenvalue weighted by atomic mass is 15.0. The zero-order valence-corrected chi connectivity index (χ0v) is 8.57. The van der Waals surface area contributed by atoms with Gasteiger partial charge in [-0.05, 0) is 31.0 Å². The number of hydrogen-bond donors (Lipinski definition) is 1. The zero-order valence-electron chi connectivity index (χ0n) is 8.57. The first kappa shape index (κ1) is 9.21. The first-order valence-electron chi connectivity index (χ1n) is 4.86. The van der Waals surface area contributed by atoms with E-state index < -0.39 is 0 Å². The van der Waals surface area contributed by atoms with Crippen molar-refractivity contribution in [2.24, 2.45) is 5.73 Å². The van der Waals surface area contributed by atoms with Crippen molar-refractivity contribution in [1.82, 2.24) is 9.38 Å². The Morgan fingerprint density at radius 1 is 1.57 bits per heavy atom. The summed E-state index contributed by atoms with van der Waals surface area (Å²) in [5.74, 6) is 0.383. The molecule has 0 aliphatic heterocycles. The lowest BCUT2D eigenvalue weighted by molar-refractivity contribution is 0.775. The van der Waals surface area contributed by atoms with Crippen LogP contribution in [0.3, 0.4) is 0 Å². The molecule has 0 saturated heterocycles. The van der Waals surface area contributed by atoms with Crippen LogP contribution in [-0.4, -0.2) is 15.9 Å². The van der Waals surface area contributed by atoms with E-state index in [0.717, 1.165) is 5.69 Å². The molecule has 2 heterocycles. The first-order valence-corrected chi connectivity index (χ1v) is 4.86. The van der Waals surface area contributed by atoms with Crippen molar-refractivity contribution in [2.45, 2.75) is 19.8 Å². The van der Waals surface area contributed by atoms with E-state index in [1.54, 1.807) is 0 Å². The van der Waals surface area contributed by atoms with E-state index in [1.165, 1.54) is 11.1 Å². The summed E-state index contributed by atoms with van der Waals surface area (Å²) in [7, 11) is 0. The Hall–Kier alpha value is -1.35. The minimum Gasteiger partial charge on any atom is -0.330 e. The summed E-state index contributed by atoms with van der Waals surface area (Å²) in [6, 6.07) is 4.16. The number of rotatable bonds is 2. The van der Waals surface area contributed by atoms with Gasteiger partial charge in [0.15, 0.2) is 0 Å². The minimum absolute atomic E-state index is 0.383. The summed E-state index contributed by atoms with van der Waals surface area (Å²) in [6.45, 7) is 4.84. The van der Waals surface area contributed by atoms with Crippen molar-refractivity contribution < 1.29 is 0 Å². The molecule has 0 saturated carbocycles. The number of hydrogen-bond acceptors (Lipinski definition) is 2. The molecule has 2 aromatic rings. The smallest absolute Gasteiger partial charge is 0.0995 e. The summed E-state index contributed by atoms with van der Waals surface area (Å²) in [5, 5.41) is 0. The molecule has 0 aliphatic carbocycles. The van der Waals surface area contributed by atoms with Crippen molar-refractivity contribution in [3.8, 4) is 0 Å². The van der Waals surface area contributed by atoms with Crippen LogP contribution in [0.5, 0.6) is 0 Å². The Labute approximate surface area is 83.6 Å². The quantitative estimate of drug-likeness (QED) is 0.781. The number of aryl methyl sites for hydroxylation is 1. The first-order chi connectivity index (χ1) is 6.74. The van der Waals surface area contributed by atoms with Gasteiger partial charge in [-0.25, -0.2) is 4.98 Å². The summed E-state index contributed by atoms with van der Waals surface area (Å²) in [6.07, 6.45) is 3.86. The van der Waals surface area contributed by atoms with Crippen molar-refractivity contribution in [3.05, 3.63) is 35.9 Å². The Morgan fingerprint density at radius 2 is 2.36 bits per heavy atom. The van der Waals surface area contributed by atoms with Gasteiger partial charge in [0.05, 0.1) is 17.5 Å². The van der Waals surface area contributed by atoms with Gasteiger partial charge in [-0.2, -0.15) is 0 Å². The molecule has 0 radical (unpaired) electrons. The highest BCUT2D eigenvalue weighted by Gasteiger charge is 2.10. The molecule has 3 heteroatoms. The fourth-order valence-electron chi connectivity index (χ4n) is 1.77. The predicted molar refractivity (Wildman–Crippen MR) is 57.4 cm³/mol. The molecule has 2 N–H and O–H groups in total. The lowest BCUT2D eigenvalue weighted by atomic mass is 10.0. The van der Waals surface area contributed by atoms with Crippen LogP contribution in [-0.2, 0) is 0 Å². The van der Waals surface area contributed by atoms with Gasteiger partial charge in [0.25, 0.3) is 0 Å². The number of nitrogens with two attached hydrogens (primary N) is 1. The molecule has 1 atom stereocenters. The lowest BCUT2D eigenvalue weighted by Crippen LogP contribution is -2.10. The third-order valence-corrected chi connectivity index (χ3v) is 2.66. The third kappa shape index (κ3) is 1.30. The number of nitrogens with zero attached hydrogens (tertiary/aromatic N) is 2. The predicted octanol–water partition coefficient (Wildman–Crippen LogP) is 1.70. The Kier molecular flexibility index (Phi) is 2.25. The molecule has 0 amide bonds. The van der Waals surface area contributed by atoms with Gasteiger partial charge in [0, 0.05) is 6.20 Å². The molecule has 0 bridgehead atoms. The molecule has 3 nitrogen and oxygen atoms in total. The number of fused-ring (bicyclic) bond motifs is 1. The average Bonchev–Trinajstić information content (AvgIpc) is 2.59. The fourth-order valence-corrected chi connectivity index (χ4v) is 1.77. The molecule has 0 fully saturated rings. The van der Waals surface area contributed by atoms with E-state index in [4.69, 9.17) is 5.73 Å². The van der Waals surface area contributed by atoms with Crippen molar-refractivity contribution in [3.63, 3.8) is 0 Å². The maximum Gasteiger partial charge on any atom is 0.0995 e. The van der Waals surface area contributed by atoms with Gasteiger partial charge in [-0.3, -0.25) is 0 Å². The second kappa shape index (κ2) is 3.42. The topological polar surface area (TPSA) is 43.3 Å². The van der Waals surface area contributed by atoms with E-state index in [9.17, 15) is 0 Å². The molecule has 2 aromatic heterocycles. The standard InChI is InChI=1S/C11H15N3/c1-8(6-12)10-4-3-5-14-7-13-9(2)11(10)14/h3-5,7-8H,6,12H2,1-2H3. The zero-order chi connectivity index (χ0) is 10.1. The van der Waals surface area contributed by atoms with E-state index in [1.807, 2.05) is 25.5 Å². The van der Waals surface area contributed by atoms with Crippen molar-refractivity contribution in [2.75, 3.05) is 6.54 Å². The fraction of sp³-hybridized carbons (Fsp3) is 0.364. The lowest BCUT2D eigenvalue weighted by Gasteiger charge is -2.11. The van der Waals surface area contributed by atoms with Gasteiger partial charge in [-0.15, -0.1) is 0 Å². The van der Waals surface area contributed by atoms with Crippen LogP contribution in [0.4, 0.5) is 0 Å². The Morgan fingerprint density at radius 3 is 3.07 bits per heavy atom. The molecular weight excluding hydrogens is 174 g/mol. The molecule has 74 valence electrons. The largest absolute Gasteiger partial charge is 0.330 e. The van der Waals surface area contributed by atoms with Gasteiger partial charge in [0.1, 0.15) is 0 Å². The monoisotopic (exact) mass is 189 g/mol. The molecule has 1 unspecified atom stereocenters. The van der Waals surface area contributed by atoms with E-state index in [0.29, 0.717) is 12.5 Å². The van der Waals surface area contributed by atoms with Crippen LogP contribution in [0, 0.1) is 6.92 Å². The highest BCUT2D eigenvalue weighted by molar-refractivity contribution is 5.59. The van der Waals surface area contributed by atoms with Crippen molar-refractivity contribution in [1.29, 1.82) is 0 Å². The van der Waals surface area contributed by atoms with Gasteiger partial charge < -0.3 is 10.1 Å². The maximum absolute atomic E-state index is 5.68. The molecule has 14 heavy (non-hydrogen) atoms. The van der Waals surface area contributed by atoms with Crippen LogP contribution in [0.15, 0.2) is 24.7 Å². The summed E-state index contributed by atoms with van der Waals surface area (Å²) < 4.78 is 2.05. The van der Waals surface area contributed by atoms with Crippen LogP contribution in [0.2, 0.25) is 0 Å². The van der Waals surface area contributed by atoms with Crippen LogP contribution in [0.25, 0.3) is 5.52 Å². The van der Waals surface area contributed by atoms with Gasteiger partial charge in [0.2, 0.25) is 0 Å². The van der Waals surface area contributed by atoms with E-state index >= 15 is 0 Å². The number of aromatic nitrogens is 2. The normalized spacial score (nSPS) is 13.4. The molecule has 2 rings (SSSR count). The van der Waals surface area contributed by atoms with E-state index in [2.05, 4.69) is 22.4 Å². The average molecular weight is 189 g/mol. The van der Waals surface area contributed by atoms with Crippen LogP contribution >= 0.6 is 0 Å². The summed E-state index contributed by atoms with van der Waals surface area (Å²) in [5.41, 5.74) is 9.24. The van der Waals surface area contributed by atoms with Gasteiger partial charge >= 0.3 is 0 Å². The summed E-state index contributed by atoms with van der Waals surface area (Å²) >= 11 is 0. The van der Waals surface area contributed by atoms with E-state index in [-0.39, 0.29) is 0 Å². The number of imidazole rings is 1. The second-order valence-corrected chi connectivity index (χ2v) is 3.69. The molecule has 0 aromatic carbocycles. The summed E-state index contributed by atoms with van der Waals surface area (Å²) in [4.78, 5) is 4.30. The maximum atomic E-state index is 5.68. The van der Waals surface area contributed by atoms with Crippen molar-refractivity contribution >= 4 is 5.52 Å². The molecule has 0 aliphatic rings. The van der Waals surface area contributed by atoms with Gasteiger partial charge in [-0.1, -0.05) is 13.0 Å². The molecule has 0 spiro atoms. The minimum atomic E-state index is 0.383. The SMILES string of the molecule is Cc1ncn2cccc(C(C)CN)c12. The third-order valence-electron chi connectivity index (χ3n) is 2.66. The van der Waals surface area contributed by atoms with Crippen LogP contribution < -0.4 is 5.73 Å². The van der Waals surface area contributed by atoms with Crippen LogP contribution in [0.1, 0.15) is 24.1 Å². The highest BCUT2D eigenvalue weighted by Crippen LogP contribution is 2.21. The molecular formula is C11H15N3. The number of pyridine rings is 1.